The van der Waals surface area contributed by atoms with Gasteiger partial charge in [-0.1, -0.05) is 71.9 Å². The molecule has 0 bridgehead atoms. The van der Waals surface area contributed by atoms with Crippen molar-refractivity contribution in [3.63, 3.8) is 0 Å². The molecule has 3 aromatic carbocycles. The SMILES string of the molecule is CC(C)(C)c1cc([C@H]2c3ccccc3O[C@@H]2C(=O)c2ccc(C#N)cc2)cc(C(C)(C)C)c1O. The Labute approximate surface area is 201 Å². The number of hydrogen-bond acceptors (Lipinski definition) is 4. The zero-order valence-corrected chi connectivity index (χ0v) is 20.6. The number of Topliss-reactive ketones (excluding diaryl/α,β-unsaturated/α-hetero) is 1. The molecule has 4 heteroatoms. The summed E-state index contributed by atoms with van der Waals surface area (Å²) in [4.78, 5) is 13.7. The Balaban J connectivity index is 1.90. The zero-order chi connectivity index (χ0) is 24.8. The standard InChI is InChI=1S/C30H31NO3/c1-29(2,3)22-15-20(16-23(27(22)33)30(4,5)6)25-21-9-7-8-10-24(21)34-28(25)26(32)19-13-11-18(17-31)12-14-19/h7-16,25,28,33H,1-6H3/t25-,28-/m0/s1. The quantitative estimate of drug-likeness (QED) is 0.452. The van der Waals surface area contributed by atoms with Crippen LogP contribution in [0.15, 0.2) is 60.7 Å². The van der Waals surface area contributed by atoms with E-state index >= 15 is 0 Å². The van der Waals surface area contributed by atoms with Crippen LogP contribution >= 0.6 is 0 Å². The second-order valence-electron chi connectivity index (χ2n) is 11.1. The van der Waals surface area contributed by atoms with Gasteiger partial charge in [0.25, 0.3) is 0 Å². The van der Waals surface area contributed by atoms with Crippen molar-refractivity contribution in [2.75, 3.05) is 0 Å². The maximum Gasteiger partial charge on any atom is 0.204 e. The summed E-state index contributed by atoms with van der Waals surface area (Å²) in [7, 11) is 0. The lowest BCUT2D eigenvalue weighted by atomic mass is 9.75. The van der Waals surface area contributed by atoms with E-state index < -0.39 is 6.10 Å². The fourth-order valence-corrected chi connectivity index (χ4v) is 4.63. The third-order valence-electron chi connectivity index (χ3n) is 6.48. The van der Waals surface area contributed by atoms with E-state index in [0.717, 1.165) is 22.3 Å². The number of carbonyl (C=O) groups excluding carboxylic acids is 1. The topological polar surface area (TPSA) is 70.3 Å². The fraction of sp³-hybridized carbons (Fsp3) is 0.333. The van der Waals surface area contributed by atoms with Gasteiger partial charge in [-0.15, -0.1) is 0 Å². The summed E-state index contributed by atoms with van der Waals surface area (Å²) in [6.07, 6.45) is -0.740. The minimum atomic E-state index is -0.740. The Bertz CT molecular complexity index is 1250. The summed E-state index contributed by atoms with van der Waals surface area (Å²) in [6, 6.07) is 20.6. The van der Waals surface area contributed by atoms with Gasteiger partial charge in [-0.05, 0) is 57.9 Å². The Morgan fingerprint density at radius 3 is 2.00 bits per heavy atom. The number of ether oxygens (including phenoxy) is 1. The number of nitrogens with zero attached hydrogens (tertiary/aromatic N) is 1. The van der Waals surface area contributed by atoms with Crippen molar-refractivity contribution in [3.05, 3.63) is 94.0 Å². The molecule has 1 aliphatic heterocycles. The number of nitriles is 1. The second-order valence-corrected chi connectivity index (χ2v) is 11.1. The molecule has 0 saturated carbocycles. The van der Waals surface area contributed by atoms with Crippen LogP contribution in [-0.4, -0.2) is 17.0 Å². The van der Waals surface area contributed by atoms with Crippen LogP contribution in [-0.2, 0) is 10.8 Å². The lowest BCUT2D eigenvalue weighted by Gasteiger charge is -2.30. The van der Waals surface area contributed by atoms with Crippen LogP contribution in [0.3, 0.4) is 0 Å². The van der Waals surface area contributed by atoms with Gasteiger partial charge in [0, 0.05) is 11.1 Å². The molecule has 0 fully saturated rings. The molecule has 174 valence electrons. The highest BCUT2D eigenvalue weighted by molar-refractivity contribution is 6.01. The number of benzene rings is 3. The highest BCUT2D eigenvalue weighted by Crippen LogP contribution is 2.47. The van der Waals surface area contributed by atoms with E-state index in [1.54, 1.807) is 24.3 Å². The largest absolute Gasteiger partial charge is 0.507 e. The maximum absolute atomic E-state index is 13.7. The van der Waals surface area contributed by atoms with Crippen molar-refractivity contribution < 1.29 is 14.6 Å². The zero-order valence-electron chi connectivity index (χ0n) is 20.6. The number of ketones is 1. The van der Waals surface area contributed by atoms with Crippen LogP contribution in [0.25, 0.3) is 0 Å². The lowest BCUT2D eigenvalue weighted by molar-refractivity contribution is 0.0806. The van der Waals surface area contributed by atoms with Gasteiger partial charge in [-0.2, -0.15) is 5.26 Å². The number of aromatic hydroxyl groups is 1. The first-order valence-corrected chi connectivity index (χ1v) is 11.6. The van der Waals surface area contributed by atoms with Crippen LogP contribution in [0, 0.1) is 11.3 Å². The van der Waals surface area contributed by atoms with Crippen molar-refractivity contribution in [1.29, 1.82) is 5.26 Å². The molecule has 34 heavy (non-hydrogen) atoms. The minimum absolute atomic E-state index is 0.131. The highest BCUT2D eigenvalue weighted by Gasteiger charge is 2.42. The van der Waals surface area contributed by atoms with Crippen LogP contribution in [0.2, 0.25) is 0 Å². The number of carbonyl (C=O) groups is 1. The predicted molar refractivity (Wildman–Crippen MR) is 134 cm³/mol. The summed E-state index contributed by atoms with van der Waals surface area (Å²) in [5.74, 6) is 0.559. The second kappa shape index (κ2) is 8.33. The fourth-order valence-electron chi connectivity index (χ4n) is 4.63. The molecule has 3 aromatic rings. The average molecular weight is 454 g/mol. The Hall–Kier alpha value is -3.58. The van der Waals surface area contributed by atoms with E-state index in [9.17, 15) is 9.90 Å². The van der Waals surface area contributed by atoms with Gasteiger partial charge in [-0.25, -0.2) is 0 Å². The van der Waals surface area contributed by atoms with Crippen molar-refractivity contribution in [3.8, 4) is 17.6 Å². The molecule has 0 spiro atoms. The number of phenolic OH excluding ortho intramolecular Hbond substituents is 1. The molecule has 4 rings (SSSR count). The summed E-state index contributed by atoms with van der Waals surface area (Å²) >= 11 is 0. The number of rotatable bonds is 3. The van der Waals surface area contributed by atoms with Gasteiger partial charge in [-0.3, -0.25) is 4.79 Å². The molecule has 0 radical (unpaired) electrons. The maximum atomic E-state index is 13.7. The molecule has 0 unspecified atom stereocenters. The Morgan fingerprint density at radius 2 is 1.47 bits per heavy atom. The van der Waals surface area contributed by atoms with Crippen molar-refractivity contribution in [1.82, 2.24) is 0 Å². The van der Waals surface area contributed by atoms with Gasteiger partial charge < -0.3 is 9.84 Å². The normalized spacial score (nSPS) is 17.6. The van der Waals surface area contributed by atoms with Crippen molar-refractivity contribution in [2.45, 2.75) is 64.4 Å². The molecule has 0 saturated heterocycles. The molecule has 1 aliphatic rings. The van der Waals surface area contributed by atoms with E-state index in [1.165, 1.54) is 0 Å². The van der Waals surface area contributed by atoms with Gasteiger partial charge in [0.2, 0.25) is 5.78 Å². The van der Waals surface area contributed by atoms with Gasteiger partial charge >= 0.3 is 0 Å². The molecule has 1 N–H and O–H groups in total. The van der Waals surface area contributed by atoms with E-state index in [2.05, 4.69) is 47.6 Å². The van der Waals surface area contributed by atoms with Crippen LogP contribution in [0.5, 0.6) is 11.5 Å². The highest BCUT2D eigenvalue weighted by atomic mass is 16.5. The molecule has 0 amide bonds. The first kappa shape index (κ1) is 23.6. The average Bonchev–Trinajstić information content (AvgIpc) is 3.17. The number of hydrogen-bond donors (Lipinski definition) is 1. The summed E-state index contributed by atoms with van der Waals surface area (Å²) < 4.78 is 6.25. The predicted octanol–water partition coefficient (Wildman–Crippen LogP) is 6.63. The van der Waals surface area contributed by atoms with E-state index in [-0.39, 0.29) is 22.5 Å². The first-order chi connectivity index (χ1) is 15.9. The molecular formula is C30H31NO3. The van der Waals surface area contributed by atoms with E-state index in [1.807, 2.05) is 36.4 Å². The summed E-state index contributed by atoms with van der Waals surface area (Å²) in [6.45, 7) is 12.5. The first-order valence-electron chi connectivity index (χ1n) is 11.6. The summed E-state index contributed by atoms with van der Waals surface area (Å²) in [5, 5.41) is 20.3. The molecule has 2 atom stereocenters. The molecule has 4 nitrogen and oxygen atoms in total. The van der Waals surface area contributed by atoms with Crippen molar-refractivity contribution in [2.24, 2.45) is 0 Å². The third-order valence-corrected chi connectivity index (χ3v) is 6.48. The van der Waals surface area contributed by atoms with Crippen LogP contribution < -0.4 is 4.74 Å². The monoisotopic (exact) mass is 453 g/mol. The van der Waals surface area contributed by atoms with Crippen LogP contribution in [0.4, 0.5) is 0 Å². The molecule has 0 aromatic heterocycles. The van der Waals surface area contributed by atoms with E-state index in [4.69, 9.17) is 10.00 Å². The number of phenols is 1. The third kappa shape index (κ3) is 4.19. The van der Waals surface area contributed by atoms with Gasteiger partial charge in [0.05, 0.1) is 17.6 Å². The Morgan fingerprint density at radius 1 is 0.912 bits per heavy atom. The van der Waals surface area contributed by atoms with E-state index in [0.29, 0.717) is 22.6 Å². The van der Waals surface area contributed by atoms with Crippen LogP contribution in [0.1, 0.15) is 85.6 Å². The number of fused-ring (bicyclic) bond motifs is 1. The lowest BCUT2D eigenvalue weighted by Crippen LogP contribution is -2.30. The summed E-state index contributed by atoms with van der Waals surface area (Å²) in [5.41, 5.74) is 4.05. The molecular weight excluding hydrogens is 422 g/mol. The molecule has 0 aliphatic carbocycles. The van der Waals surface area contributed by atoms with Crippen molar-refractivity contribution >= 4 is 5.78 Å². The smallest absolute Gasteiger partial charge is 0.204 e. The minimum Gasteiger partial charge on any atom is -0.507 e. The van der Waals surface area contributed by atoms with Gasteiger partial charge in [0.1, 0.15) is 11.5 Å². The number of para-hydroxylation sites is 1. The van der Waals surface area contributed by atoms with Gasteiger partial charge in [0.15, 0.2) is 6.10 Å². The Kier molecular flexibility index (Phi) is 5.77. The molecule has 1 heterocycles.